The standard InChI is InChI=1S/C22H25N5O2/c1-4-16-9-20(28)26-21(24-16)14-6-5-7-17(8-14)25-22(29)19-10-18(19)15-11-23-27(12-15)13(2)3/h5-9,11-13,18-19H,4,10H2,1-3H3,(H,25,29)(H,24,26,28). The summed E-state index contributed by atoms with van der Waals surface area (Å²) in [6.07, 6.45) is 5.42. The van der Waals surface area contributed by atoms with Gasteiger partial charge in [0.2, 0.25) is 5.91 Å². The molecule has 7 heteroatoms. The summed E-state index contributed by atoms with van der Waals surface area (Å²) in [7, 11) is 0. The van der Waals surface area contributed by atoms with Gasteiger partial charge in [0.05, 0.1) is 6.20 Å². The van der Waals surface area contributed by atoms with Crippen LogP contribution in [-0.2, 0) is 11.2 Å². The van der Waals surface area contributed by atoms with Crippen LogP contribution in [0.25, 0.3) is 11.4 Å². The maximum absolute atomic E-state index is 12.7. The molecule has 2 aromatic heterocycles. The van der Waals surface area contributed by atoms with Crippen molar-refractivity contribution in [3.8, 4) is 11.4 Å². The Morgan fingerprint density at radius 1 is 1.34 bits per heavy atom. The van der Waals surface area contributed by atoms with Gasteiger partial charge in [0.25, 0.3) is 5.56 Å². The number of nitrogens with zero attached hydrogens (tertiary/aromatic N) is 3. The lowest BCUT2D eigenvalue weighted by Crippen LogP contribution is -2.14. The zero-order valence-electron chi connectivity index (χ0n) is 16.8. The average molecular weight is 391 g/mol. The lowest BCUT2D eigenvalue weighted by atomic mass is 10.1. The highest BCUT2D eigenvalue weighted by Gasteiger charge is 2.44. The summed E-state index contributed by atoms with van der Waals surface area (Å²) < 4.78 is 1.92. The molecule has 2 N–H and O–H groups in total. The van der Waals surface area contributed by atoms with Crippen LogP contribution in [0.4, 0.5) is 5.69 Å². The molecule has 1 saturated carbocycles. The summed E-state index contributed by atoms with van der Waals surface area (Å²) in [5, 5.41) is 7.37. The van der Waals surface area contributed by atoms with E-state index in [-0.39, 0.29) is 23.3 Å². The van der Waals surface area contributed by atoms with Gasteiger partial charge in [0.1, 0.15) is 5.82 Å². The molecule has 0 saturated heterocycles. The number of carbonyl (C=O) groups excluding carboxylic acids is 1. The fourth-order valence-corrected chi connectivity index (χ4v) is 3.48. The van der Waals surface area contributed by atoms with Crippen molar-refractivity contribution in [2.45, 2.75) is 45.6 Å². The van der Waals surface area contributed by atoms with E-state index in [4.69, 9.17) is 0 Å². The third-order valence-corrected chi connectivity index (χ3v) is 5.27. The van der Waals surface area contributed by atoms with E-state index in [1.165, 1.54) is 6.07 Å². The Kier molecular flexibility index (Phi) is 5.05. The highest BCUT2D eigenvalue weighted by Crippen LogP contribution is 2.48. The van der Waals surface area contributed by atoms with Crippen LogP contribution in [0, 0.1) is 5.92 Å². The molecule has 150 valence electrons. The predicted molar refractivity (Wildman–Crippen MR) is 112 cm³/mol. The lowest BCUT2D eigenvalue weighted by molar-refractivity contribution is -0.117. The number of amides is 1. The van der Waals surface area contributed by atoms with Crippen molar-refractivity contribution >= 4 is 11.6 Å². The third kappa shape index (κ3) is 4.13. The molecule has 2 unspecified atom stereocenters. The molecule has 0 radical (unpaired) electrons. The Bertz CT molecular complexity index is 1100. The second-order valence-electron chi connectivity index (χ2n) is 7.81. The topological polar surface area (TPSA) is 92.7 Å². The molecule has 0 aliphatic heterocycles. The van der Waals surface area contributed by atoms with Crippen LogP contribution in [0.3, 0.4) is 0 Å². The van der Waals surface area contributed by atoms with E-state index < -0.39 is 0 Å². The number of carbonyl (C=O) groups is 1. The maximum atomic E-state index is 12.7. The molecule has 1 amide bonds. The number of hydrogen-bond acceptors (Lipinski definition) is 4. The number of nitrogens with one attached hydrogen (secondary N) is 2. The molecule has 1 aliphatic rings. The highest BCUT2D eigenvalue weighted by molar-refractivity contribution is 5.95. The number of aromatic amines is 1. The molecule has 29 heavy (non-hydrogen) atoms. The summed E-state index contributed by atoms with van der Waals surface area (Å²) in [6.45, 7) is 6.12. The molecular formula is C22H25N5O2. The first-order chi connectivity index (χ1) is 13.9. The van der Waals surface area contributed by atoms with Gasteiger partial charge in [-0.15, -0.1) is 0 Å². The fourth-order valence-electron chi connectivity index (χ4n) is 3.48. The van der Waals surface area contributed by atoms with Gasteiger partial charge in [-0.25, -0.2) is 4.98 Å². The van der Waals surface area contributed by atoms with Crippen molar-refractivity contribution in [2.24, 2.45) is 5.92 Å². The van der Waals surface area contributed by atoms with Crippen LogP contribution in [-0.4, -0.2) is 25.7 Å². The van der Waals surface area contributed by atoms with Crippen LogP contribution < -0.4 is 10.9 Å². The zero-order valence-corrected chi connectivity index (χ0v) is 16.8. The van der Waals surface area contributed by atoms with Crippen molar-refractivity contribution in [2.75, 3.05) is 5.32 Å². The number of anilines is 1. The molecule has 0 spiro atoms. The van der Waals surface area contributed by atoms with Gasteiger partial charge in [-0.1, -0.05) is 19.1 Å². The van der Waals surface area contributed by atoms with Gasteiger partial charge in [-0.3, -0.25) is 14.3 Å². The minimum atomic E-state index is -0.177. The van der Waals surface area contributed by atoms with E-state index in [2.05, 4.69) is 34.2 Å². The third-order valence-electron chi connectivity index (χ3n) is 5.27. The van der Waals surface area contributed by atoms with E-state index in [9.17, 15) is 9.59 Å². The molecule has 3 aromatic rings. The zero-order chi connectivity index (χ0) is 20.5. The monoisotopic (exact) mass is 391 g/mol. The fraction of sp³-hybridized carbons (Fsp3) is 0.364. The quantitative estimate of drug-likeness (QED) is 0.672. The number of benzene rings is 1. The highest BCUT2D eigenvalue weighted by atomic mass is 16.2. The number of rotatable bonds is 6. The van der Waals surface area contributed by atoms with Crippen molar-refractivity contribution < 1.29 is 4.79 Å². The van der Waals surface area contributed by atoms with E-state index in [0.717, 1.165) is 23.2 Å². The number of hydrogen-bond donors (Lipinski definition) is 2. The largest absolute Gasteiger partial charge is 0.326 e. The van der Waals surface area contributed by atoms with Gasteiger partial charge >= 0.3 is 0 Å². The van der Waals surface area contributed by atoms with E-state index in [1.54, 1.807) is 0 Å². The van der Waals surface area contributed by atoms with Gasteiger partial charge in [-0.2, -0.15) is 5.10 Å². The predicted octanol–water partition coefficient (Wildman–Crippen LogP) is 3.52. The number of aryl methyl sites for hydroxylation is 1. The van der Waals surface area contributed by atoms with Gasteiger partial charge < -0.3 is 10.3 Å². The Balaban J connectivity index is 1.46. The van der Waals surface area contributed by atoms with Crippen molar-refractivity contribution in [3.63, 3.8) is 0 Å². The molecule has 7 nitrogen and oxygen atoms in total. The first-order valence-electron chi connectivity index (χ1n) is 10.00. The SMILES string of the molecule is CCc1cc(=O)[nH]c(-c2cccc(NC(=O)C3CC3c3cnn(C(C)C)c3)c2)n1. The number of H-pyrrole nitrogens is 1. The molecule has 2 atom stereocenters. The molecule has 4 rings (SSSR count). The van der Waals surface area contributed by atoms with Crippen LogP contribution in [0.15, 0.2) is 47.5 Å². The first kappa shape index (κ1) is 19.1. The average Bonchev–Trinajstić information content (AvgIpc) is 3.35. The van der Waals surface area contributed by atoms with Crippen LogP contribution in [0.5, 0.6) is 0 Å². The molecule has 1 aromatic carbocycles. The second-order valence-corrected chi connectivity index (χ2v) is 7.81. The summed E-state index contributed by atoms with van der Waals surface area (Å²) in [5.74, 6) is 0.707. The minimum absolute atomic E-state index is 0.00760. The minimum Gasteiger partial charge on any atom is -0.326 e. The molecule has 2 heterocycles. The first-order valence-corrected chi connectivity index (χ1v) is 10.00. The van der Waals surface area contributed by atoms with E-state index in [0.29, 0.717) is 24.0 Å². The molecule has 1 fully saturated rings. The summed E-state index contributed by atoms with van der Waals surface area (Å²) in [4.78, 5) is 31.8. The van der Waals surface area contributed by atoms with E-state index >= 15 is 0 Å². The van der Waals surface area contributed by atoms with Gasteiger partial charge in [0, 0.05) is 41.2 Å². The molecule has 1 aliphatic carbocycles. The van der Waals surface area contributed by atoms with Gasteiger partial charge in [0.15, 0.2) is 0 Å². The van der Waals surface area contributed by atoms with Crippen molar-refractivity contribution in [3.05, 3.63) is 64.3 Å². The molecule has 0 bridgehead atoms. The Hall–Kier alpha value is -3.22. The maximum Gasteiger partial charge on any atom is 0.251 e. The van der Waals surface area contributed by atoms with Crippen LogP contribution >= 0.6 is 0 Å². The second kappa shape index (κ2) is 7.66. The van der Waals surface area contributed by atoms with Crippen LogP contribution in [0.1, 0.15) is 50.4 Å². The lowest BCUT2D eigenvalue weighted by Gasteiger charge is -2.08. The summed E-state index contributed by atoms with van der Waals surface area (Å²) in [5.41, 5.74) is 3.14. The van der Waals surface area contributed by atoms with Crippen molar-refractivity contribution in [1.82, 2.24) is 19.7 Å². The van der Waals surface area contributed by atoms with Crippen LogP contribution in [0.2, 0.25) is 0 Å². The number of aromatic nitrogens is 4. The Labute approximate surface area is 169 Å². The normalized spacial score (nSPS) is 18.1. The smallest absolute Gasteiger partial charge is 0.251 e. The Morgan fingerprint density at radius 3 is 2.90 bits per heavy atom. The summed E-state index contributed by atoms with van der Waals surface area (Å²) in [6, 6.07) is 9.21. The molecular weight excluding hydrogens is 366 g/mol. The van der Waals surface area contributed by atoms with E-state index in [1.807, 2.05) is 48.3 Å². The van der Waals surface area contributed by atoms with Gasteiger partial charge in [-0.05, 0) is 50.3 Å². The van der Waals surface area contributed by atoms with Crippen molar-refractivity contribution in [1.29, 1.82) is 0 Å². The summed E-state index contributed by atoms with van der Waals surface area (Å²) >= 11 is 0. The Morgan fingerprint density at radius 2 is 2.17 bits per heavy atom.